The fourth-order valence-corrected chi connectivity index (χ4v) is 2.40. The van der Waals surface area contributed by atoms with Crippen LogP contribution in [0.2, 0.25) is 0 Å². The molecule has 112 valence electrons. The van der Waals surface area contributed by atoms with Crippen molar-refractivity contribution >= 4 is 5.97 Å². The van der Waals surface area contributed by atoms with Crippen LogP contribution < -0.4 is 5.73 Å². The minimum atomic E-state index is -0.565. The molecule has 1 atom stereocenters. The zero-order valence-corrected chi connectivity index (χ0v) is 13.3. The van der Waals surface area contributed by atoms with E-state index >= 15 is 0 Å². The van der Waals surface area contributed by atoms with E-state index in [-0.39, 0.29) is 12.0 Å². The summed E-state index contributed by atoms with van der Waals surface area (Å²) in [6.45, 7) is 8.15. The monoisotopic (exact) mass is 277 g/mol. The number of esters is 1. The highest BCUT2D eigenvalue weighted by molar-refractivity contribution is 5.75. The van der Waals surface area contributed by atoms with Crippen molar-refractivity contribution in [3.8, 4) is 0 Å². The summed E-state index contributed by atoms with van der Waals surface area (Å²) in [4.78, 5) is 11.7. The number of hydrogen-bond donors (Lipinski definition) is 1. The van der Waals surface area contributed by atoms with Gasteiger partial charge in [0.15, 0.2) is 0 Å². The second kappa shape index (κ2) is 6.89. The molecule has 0 bridgehead atoms. The Bertz CT molecular complexity index is 435. The van der Waals surface area contributed by atoms with Crippen LogP contribution in [0.15, 0.2) is 24.3 Å². The topological polar surface area (TPSA) is 52.3 Å². The van der Waals surface area contributed by atoms with Gasteiger partial charge in [-0.15, -0.1) is 0 Å². The van der Waals surface area contributed by atoms with Gasteiger partial charge in [-0.2, -0.15) is 0 Å². The molecule has 0 saturated heterocycles. The zero-order chi connectivity index (χ0) is 15.3. The molecule has 0 aliphatic heterocycles. The van der Waals surface area contributed by atoms with Crippen molar-refractivity contribution in [3.63, 3.8) is 0 Å². The quantitative estimate of drug-likeness (QED) is 0.810. The number of ether oxygens (including phenoxy) is 1. The first-order valence-electron chi connectivity index (χ1n) is 7.19. The van der Waals surface area contributed by atoms with E-state index in [1.807, 2.05) is 13.8 Å². The Hall–Kier alpha value is -1.35. The Labute approximate surface area is 122 Å². The van der Waals surface area contributed by atoms with Gasteiger partial charge in [-0.1, -0.05) is 38.1 Å². The van der Waals surface area contributed by atoms with Gasteiger partial charge in [0, 0.05) is 6.04 Å². The first-order valence-corrected chi connectivity index (χ1v) is 7.19. The Balaban J connectivity index is 2.73. The number of methoxy groups -OCH3 is 1. The van der Waals surface area contributed by atoms with Crippen LogP contribution >= 0.6 is 0 Å². The summed E-state index contributed by atoms with van der Waals surface area (Å²) < 4.78 is 4.82. The molecule has 20 heavy (non-hydrogen) atoms. The predicted molar refractivity (Wildman–Crippen MR) is 82.3 cm³/mol. The third-order valence-corrected chi connectivity index (χ3v) is 3.52. The fraction of sp³-hybridized carbons (Fsp3) is 0.588. The normalized spacial score (nSPS) is 13.3. The van der Waals surface area contributed by atoms with E-state index < -0.39 is 5.41 Å². The van der Waals surface area contributed by atoms with E-state index in [1.165, 1.54) is 12.7 Å². The van der Waals surface area contributed by atoms with Crippen molar-refractivity contribution < 1.29 is 9.53 Å². The van der Waals surface area contributed by atoms with E-state index in [0.29, 0.717) is 12.3 Å². The molecule has 0 spiro atoms. The summed E-state index contributed by atoms with van der Waals surface area (Å²) in [5, 5.41) is 0. The molecule has 0 amide bonds. The van der Waals surface area contributed by atoms with Crippen molar-refractivity contribution in [2.45, 2.75) is 46.6 Å². The maximum atomic E-state index is 11.7. The number of hydrogen-bond acceptors (Lipinski definition) is 3. The van der Waals surface area contributed by atoms with Crippen molar-refractivity contribution in [3.05, 3.63) is 35.4 Å². The molecule has 0 aliphatic rings. The van der Waals surface area contributed by atoms with Crippen molar-refractivity contribution in [1.82, 2.24) is 0 Å². The van der Waals surface area contributed by atoms with Crippen LogP contribution in [-0.4, -0.2) is 13.1 Å². The van der Waals surface area contributed by atoms with Gasteiger partial charge in [0.2, 0.25) is 0 Å². The van der Waals surface area contributed by atoms with Gasteiger partial charge in [0.1, 0.15) is 0 Å². The Morgan fingerprint density at radius 3 is 2.25 bits per heavy atom. The molecule has 2 N–H and O–H groups in total. The number of carbonyl (C=O) groups is 1. The Morgan fingerprint density at radius 1 is 1.25 bits per heavy atom. The molecule has 0 saturated carbocycles. The lowest BCUT2D eigenvalue weighted by atomic mass is 9.83. The minimum absolute atomic E-state index is 0.155. The summed E-state index contributed by atoms with van der Waals surface area (Å²) in [6.07, 6.45) is 1.65. The lowest BCUT2D eigenvalue weighted by Gasteiger charge is -2.25. The highest BCUT2D eigenvalue weighted by Gasteiger charge is 2.31. The van der Waals surface area contributed by atoms with Gasteiger partial charge in [0.25, 0.3) is 0 Å². The SMILES string of the molecule is COC(=O)C(C)(C)CC(N)c1ccc(CC(C)C)cc1. The second-order valence-corrected chi connectivity index (χ2v) is 6.53. The third kappa shape index (κ3) is 4.64. The lowest BCUT2D eigenvalue weighted by Crippen LogP contribution is -2.30. The van der Waals surface area contributed by atoms with Gasteiger partial charge in [-0.05, 0) is 43.7 Å². The highest BCUT2D eigenvalue weighted by atomic mass is 16.5. The molecule has 0 aliphatic carbocycles. The van der Waals surface area contributed by atoms with Crippen LogP contribution in [0.3, 0.4) is 0 Å². The average Bonchev–Trinajstić information content (AvgIpc) is 2.37. The second-order valence-electron chi connectivity index (χ2n) is 6.53. The maximum Gasteiger partial charge on any atom is 0.311 e. The van der Waals surface area contributed by atoms with Gasteiger partial charge < -0.3 is 10.5 Å². The predicted octanol–water partition coefficient (Wildman–Crippen LogP) is 3.47. The van der Waals surface area contributed by atoms with Crippen LogP contribution in [0.1, 0.15) is 51.3 Å². The van der Waals surface area contributed by atoms with Crippen molar-refractivity contribution in [2.24, 2.45) is 17.1 Å². The number of rotatable bonds is 6. The fourth-order valence-electron chi connectivity index (χ4n) is 2.40. The van der Waals surface area contributed by atoms with Crippen LogP contribution in [0.25, 0.3) is 0 Å². The van der Waals surface area contributed by atoms with Gasteiger partial charge in [0.05, 0.1) is 12.5 Å². The molecule has 3 nitrogen and oxygen atoms in total. The van der Waals surface area contributed by atoms with E-state index in [1.54, 1.807) is 0 Å². The summed E-state index contributed by atoms with van der Waals surface area (Å²) >= 11 is 0. The molecule has 0 aromatic heterocycles. The van der Waals surface area contributed by atoms with Crippen LogP contribution in [0.4, 0.5) is 0 Å². The lowest BCUT2D eigenvalue weighted by molar-refractivity contribution is -0.151. The number of benzene rings is 1. The number of nitrogens with two attached hydrogens (primary N) is 1. The molecule has 3 heteroatoms. The van der Waals surface area contributed by atoms with Crippen LogP contribution in [0, 0.1) is 11.3 Å². The first-order chi connectivity index (χ1) is 9.26. The summed E-state index contributed by atoms with van der Waals surface area (Å²) in [7, 11) is 1.41. The van der Waals surface area contributed by atoms with E-state index in [4.69, 9.17) is 10.5 Å². The van der Waals surface area contributed by atoms with Gasteiger partial charge in [-0.25, -0.2) is 0 Å². The molecule has 1 unspecified atom stereocenters. The maximum absolute atomic E-state index is 11.7. The molecule has 0 heterocycles. The smallest absolute Gasteiger partial charge is 0.311 e. The Morgan fingerprint density at radius 2 is 1.80 bits per heavy atom. The van der Waals surface area contributed by atoms with Gasteiger partial charge in [-0.3, -0.25) is 4.79 Å². The zero-order valence-electron chi connectivity index (χ0n) is 13.3. The molecule has 1 rings (SSSR count). The summed E-state index contributed by atoms with van der Waals surface area (Å²) in [5.41, 5.74) is 8.04. The first kappa shape index (κ1) is 16.7. The van der Waals surface area contributed by atoms with Crippen molar-refractivity contribution in [2.75, 3.05) is 7.11 Å². The van der Waals surface area contributed by atoms with Crippen LogP contribution in [-0.2, 0) is 16.0 Å². The molecule has 0 radical (unpaired) electrons. The molecule has 0 fully saturated rings. The molecule has 1 aromatic carbocycles. The minimum Gasteiger partial charge on any atom is -0.469 e. The van der Waals surface area contributed by atoms with Crippen molar-refractivity contribution in [1.29, 1.82) is 0 Å². The molecular formula is C17H27NO2. The standard InChI is InChI=1S/C17H27NO2/c1-12(2)10-13-6-8-14(9-7-13)15(18)11-17(3,4)16(19)20-5/h6-9,12,15H,10-11,18H2,1-5H3. The highest BCUT2D eigenvalue weighted by Crippen LogP contribution is 2.29. The third-order valence-electron chi connectivity index (χ3n) is 3.52. The van der Waals surface area contributed by atoms with E-state index in [2.05, 4.69) is 38.1 Å². The average molecular weight is 277 g/mol. The van der Waals surface area contributed by atoms with E-state index in [0.717, 1.165) is 12.0 Å². The molecule has 1 aromatic rings. The summed E-state index contributed by atoms with van der Waals surface area (Å²) in [6, 6.07) is 8.23. The Kier molecular flexibility index (Phi) is 5.75. The summed E-state index contributed by atoms with van der Waals surface area (Å²) in [5.74, 6) is 0.428. The van der Waals surface area contributed by atoms with Crippen LogP contribution in [0.5, 0.6) is 0 Å². The van der Waals surface area contributed by atoms with Gasteiger partial charge >= 0.3 is 5.97 Å². The van der Waals surface area contributed by atoms with E-state index in [9.17, 15) is 4.79 Å². The number of carbonyl (C=O) groups excluding carboxylic acids is 1. The molecular weight excluding hydrogens is 250 g/mol. The largest absolute Gasteiger partial charge is 0.469 e.